The summed E-state index contributed by atoms with van der Waals surface area (Å²) in [4.78, 5) is 10.8. The molecule has 0 atom stereocenters. The molecule has 0 bridgehead atoms. The third-order valence-corrected chi connectivity index (χ3v) is 2.42. The Morgan fingerprint density at radius 1 is 1.47 bits per heavy atom. The van der Waals surface area contributed by atoms with Gasteiger partial charge in [-0.25, -0.2) is 0 Å². The van der Waals surface area contributed by atoms with Crippen LogP contribution in [-0.2, 0) is 0 Å². The fourth-order valence-corrected chi connectivity index (χ4v) is 1.56. The monoisotopic (exact) mass is 238 g/mol. The number of halogens is 3. The predicted octanol–water partition coefficient (Wildman–Crippen LogP) is 3.28. The van der Waals surface area contributed by atoms with E-state index in [2.05, 4.69) is 0 Å². The summed E-state index contributed by atoms with van der Waals surface area (Å²) in [5.74, 6) is 0.448. The molecule has 1 heterocycles. The number of ether oxygens (including phenoxy) is 1. The van der Waals surface area contributed by atoms with Gasteiger partial charge in [0.1, 0.15) is 5.75 Å². The van der Waals surface area contributed by atoms with E-state index in [0.717, 1.165) is 0 Å². The molecule has 0 N–H and O–H groups in total. The minimum Gasteiger partial charge on any atom is -0.493 e. The summed E-state index contributed by atoms with van der Waals surface area (Å²) in [6.07, 6.45) is -4.38. The molecule has 0 unspecified atom stereocenters. The quantitative estimate of drug-likeness (QED) is 0.581. The average molecular weight is 238 g/mol. The van der Waals surface area contributed by atoms with Crippen molar-refractivity contribution in [3.8, 4) is 5.75 Å². The predicted molar refractivity (Wildman–Crippen MR) is 50.5 cm³/mol. The second-order valence-corrected chi connectivity index (χ2v) is 3.81. The minimum atomic E-state index is -4.13. The van der Waals surface area contributed by atoms with Crippen LogP contribution < -0.4 is 4.74 Å². The van der Waals surface area contributed by atoms with Crippen LogP contribution in [0.1, 0.15) is 22.5 Å². The van der Waals surface area contributed by atoms with Crippen molar-refractivity contribution < 1.29 is 22.7 Å². The van der Waals surface area contributed by atoms with Crippen LogP contribution in [0.25, 0.3) is 0 Å². The van der Waals surface area contributed by atoms with Crippen molar-refractivity contribution >= 4 is 17.6 Å². The summed E-state index contributed by atoms with van der Waals surface area (Å²) in [5.41, 5.74) is 0. The van der Waals surface area contributed by atoms with Gasteiger partial charge in [0.25, 0.3) is 0 Å². The fraction of sp³-hybridized carbons (Fsp3) is 0.444. The molecule has 0 spiro atoms. The Morgan fingerprint density at radius 3 is 2.73 bits per heavy atom. The summed E-state index contributed by atoms with van der Waals surface area (Å²) in [6.45, 7) is 0.00847. The maximum atomic E-state index is 11.7. The summed E-state index contributed by atoms with van der Waals surface area (Å²) < 4.78 is 40.3. The molecule has 0 aliphatic rings. The van der Waals surface area contributed by atoms with Gasteiger partial charge in [-0.15, -0.1) is 11.3 Å². The zero-order valence-electron chi connectivity index (χ0n) is 7.71. The van der Waals surface area contributed by atoms with E-state index in [4.69, 9.17) is 4.74 Å². The number of carbonyl (C=O) groups is 1. The van der Waals surface area contributed by atoms with Crippen LogP contribution >= 0.6 is 11.3 Å². The molecule has 0 amide bonds. The van der Waals surface area contributed by atoms with E-state index >= 15 is 0 Å². The molecule has 1 aromatic rings. The molecule has 2 nitrogen and oxygen atoms in total. The van der Waals surface area contributed by atoms with E-state index in [1.807, 2.05) is 0 Å². The Balaban J connectivity index is 2.23. The molecule has 1 aromatic heterocycles. The Hall–Kier alpha value is -1.04. The van der Waals surface area contributed by atoms with E-state index < -0.39 is 12.6 Å². The molecule has 0 saturated heterocycles. The van der Waals surface area contributed by atoms with Crippen molar-refractivity contribution in [1.82, 2.24) is 0 Å². The highest BCUT2D eigenvalue weighted by atomic mass is 32.1. The molecule has 84 valence electrons. The second-order valence-electron chi connectivity index (χ2n) is 2.87. The Morgan fingerprint density at radius 2 is 2.20 bits per heavy atom. The van der Waals surface area contributed by atoms with Crippen LogP contribution in [0.5, 0.6) is 5.75 Å². The van der Waals surface area contributed by atoms with Gasteiger partial charge in [0.05, 0.1) is 11.5 Å². The van der Waals surface area contributed by atoms with Gasteiger partial charge < -0.3 is 4.74 Å². The maximum Gasteiger partial charge on any atom is 0.389 e. The second kappa shape index (κ2) is 5.16. The van der Waals surface area contributed by atoms with Gasteiger partial charge in [-0.3, -0.25) is 4.79 Å². The molecule has 0 aromatic carbocycles. The minimum absolute atomic E-state index is 0.00847. The molecule has 1 rings (SSSR count). The molecule has 0 saturated carbocycles. The topological polar surface area (TPSA) is 26.3 Å². The lowest BCUT2D eigenvalue weighted by Gasteiger charge is -2.06. The smallest absolute Gasteiger partial charge is 0.389 e. The van der Waals surface area contributed by atoms with Crippen LogP contribution in [-0.4, -0.2) is 19.1 Å². The van der Waals surface area contributed by atoms with Crippen LogP contribution in [0.4, 0.5) is 13.2 Å². The van der Waals surface area contributed by atoms with E-state index in [1.165, 1.54) is 17.4 Å². The third-order valence-electron chi connectivity index (χ3n) is 1.59. The first kappa shape index (κ1) is 12.0. The first-order chi connectivity index (χ1) is 7.01. The normalized spacial score (nSPS) is 11.4. The number of carbonyl (C=O) groups excluding carboxylic acids is 1. The lowest BCUT2D eigenvalue weighted by molar-refractivity contribution is -0.136. The maximum absolute atomic E-state index is 11.7. The zero-order valence-corrected chi connectivity index (χ0v) is 8.53. The van der Waals surface area contributed by atoms with Crippen LogP contribution in [0, 0.1) is 0 Å². The number of aldehydes is 1. The summed E-state index contributed by atoms with van der Waals surface area (Å²) in [5, 5.41) is 1.59. The van der Waals surface area contributed by atoms with Crippen molar-refractivity contribution in [3.63, 3.8) is 0 Å². The van der Waals surface area contributed by atoms with Crippen LogP contribution in [0.2, 0.25) is 0 Å². The highest BCUT2D eigenvalue weighted by molar-refractivity contribution is 7.11. The average Bonchev–Trinajstić information content (AvgIpc) is 2.59. The molecule has 0 fully saturated rings. The van der Waals surface area contributed by atoms with Crippen molar-refractivity contribution in [2.45, 2.75) is 19.0 Å². The number of hydrogen-bond acceptors (Lipinski definition) is 3. The molecule has 15 heavy (non-hydrogen) atoms. The van der Waals surface area contributed by atoms with Crippen LogP contribution in [0.15, 0.2) is 11.4 Å². The standard InChI is InChI=1S/C9H9F3O2S/c10-9(11,12)2-1-3-14-7-4-8(5-13)15-6-7/h4-6H,1-3H2. The molecule has 0 aliphatic carbocycles. The Labute approximate surface area is 88.7 Å². The largest absolute Gasteiger partial charge is 0.493 e. The molecular weight excluding hydrogens is 229 g/mol. The first-order valence-electron chi connectivity index (χ1n) is 4.24. The van der Waals surface area contributed by atoms with Crippen molar-refractivity contribution in [1.29, 1.82) is 0 Å². The van der Waals surface area contributed by atoms with E-state index in [0.29, 0.717) is 16.9 Å². The van der Waals surface area contributed by atoms with E-state index in [9.17, 15) is 18.0 Å². The number of thiophene rings is 1. The Bertz CT molecular complexity index is 319. The third kappa shape index (κ3) is 4.83. The Kier molecular flexibility index (Phi) is 4.14. The van der Waals surface area contributed by atoms with Crippen molar-refractivity contribution in [2.24, 2.45) is 0 Å². The van der Waals surface area contributed by atoms with Gasteiger partial charge in [-0.1, -0.05) is 0 Å². The number of hydrogen-bond donors (Lipinski definition) is 0. The summed E-state index contributed by atoms with van der Waals surface area (Å²) in [6, 6.07) is 1.51. The molecular formula is C9H9F3O2S. The van der Waals surface area contributed by atoms with Gasteiger partial charge in [-0.2, -0.15) is 13.2 Å². The lowest BCUT2D eigenvalue weighted by Crippen LogP contribution is -2.09. The summed E-state index contributed by atoms with van der Waals surface area (Å²) >= 11 is 1.20. The summed E-state index contributed by atoms with van der Waals surface area (Å²) in [7, 11) is 0. The molecule has 0 aliphatic heterocycles. The SMILES string of the molecule is O=Cc1cc(OCCCC(F)(F)F)cs1. The fourth-order valence-electron chi connectivity index (χ4n) is 0.934. The van der Waals surface area contributed by atoms with Gasteiger partial charge in [-0.05, 0) is 6.42 Å². The van der Waals surface area contributed by atoms with Gasteiger partial charge in [0.15, 0.2) is 6.29 Å². The van der Waals surface area contributed by atoms with Gasteiger partial charge in [0, 0.05) is 17.9 Å². The van der Waals surface area contributed by atoms with Crippen molar-refractivity contribution in [2.75, 3.05) is 6.61 Å². The highest BCUT2D eigenvalue weighted by Crippen LogP contribution is 2.23. The zero-order chi connectivity index (χ0) is 11.3. The molecule has 6 heteroatoms. The number of alkyl halides is 3. The van der Waals surface area contributed by atoms with Crippen molar-refractivity contribution in [3.05, 3.63) is 16.3 Å². The van der Waals surface area contributed by atoms with E-state index in [-0.39, 0.29) is 13.0 Å². The first-order valence-corrected chi connectivity index (χ1v) is 5.12. The number of rotatable bonds is 5. The van der Waals surface area contributed by atoms with E-state index in [1.54, 1.807) is 5.38 Å². The molecule has 0 radical (unpaired) electrons. The lowest BCUT2D eigenvalue weighted by atomic mass is 10.3. The van der Waals surface area contributed by atoms with Crippen LogP contribution in [0.3, 0.4) is 0 Å². The van der Waals surface area contributed by atoms with Gasteiger partial charge >= 0.3 is 6.18 Å². The van der Waals surface area contributed by atoms with Gasteiger partial charge in [0.2, 0.25) is 0 Å². The highest BCUT2D eigenvalue weighted by Gasteiger charge is 2.26.